The van der Waals surface area contributed by atoms with Gasteiger partial charge in [-0.05, 0) is 49.9 Å². The Morgan fingerprint density at radius 3 is 2.41 bits per heavy atom. The molecule has 5 rings (SSSR count). The molecular weight excluding hydrogens is 494 g/mol. The fraction of sp³-hybridized carbons (Fsp3) is 0.536. The Balaban J connectivity index is 1.61. The van der Waals surface area contributed by atoms with Gasteiger partial charge in [0.1, 0.15) is 11.6 Å². The van der Waals surface area contributed by atoms with Crippen molar-refractivity contribution in [1.29, 1.82) is 0 Å². The number of unbranched alkanes of at least 4 members (excludes halogenated alkanes) is 2. The lowest BCUT2D eigenvalue weighted by Crippen LogP contribution is -2.56. The Hall–Kier alpha value is -2.68. The number of hydrogen-bond acceptors (Lipinski definition) is 5. The maximum Gasteiger partial charge on any atom is 0.253 e. The summed E-state index contributed by atoms with van der Waals surface area (Å²) in [6.45, 7) is 3.15. The number of hydrogen-bond donors (Lipinski definition) is 1. The first kappa shape index (κ1) is 25.9. The number of anilines is 1. The molecular formula is C28H34ClN3O5. The minimum absolute atomic E-state index is 0.0767. The average Bonchev–Trinajstić information content (AvgIpc) is 3.18. The van der Waals surface area contributed by atoms with Crippen LogP contribution in [0.3, 0.4) is 0 Å². The molecule has 0 bridgehead atoms. The van der Waals surface area contributed by atoms with E-state index < -0.39 is 29.1 Å². The zero-order valence-electron chi connectivity index (χ0n) is 21.3. The summed E-state index contributed by atoms with van der Waals surface area (Å²) in [7, 11) is 1.74. The fourth-order valence-corrected chi connectivity index (χ4v) is 6.67. The third-order valence-corrected chi connectivity index (χ3v) is 8.59. The first-order valence-corrected chi connectivity index (χ1v) is 13.5. The second-order valence-corrected chi connectivity index (χ2v) is 10.8. The van der Waals surface area contributed by atoms with Crippen LogP contribution in [0.1, 0.15) is 32.6 Å². The Morgan fingerprint density at radius 2 is 1.70 bits per heavy atom. The second kappa shape index (κ2) is 9.89. The van der Waals surface area contributed by atoms with Gasteiger partial charge in [-0.3, -0.25) is 14.4 Å². The van der Waals surface area contributed by atoms with Crippen molar-refractivity contribution in [3.05, 3.63) is 53.6 Å². The molecule has 3 amide bonds. The van der Waals surface area contributed by atoms with Crippen LogP contribution in [0.5, 0.6) is 0 Å². The predicted octanol–water partition coefficient (Wildman–Crippen LogP) is 2.79. The van der Waals surface area contributed by atoms with Crippen LogP contribution >= 0.6 is 11.6 Å². The van der Waals surface area contributed by atoms with Crippen LogP contribution in [-0.4, -0.2) is 83.2 Å². The van der Waals surface area contributed by atoms with Crippen molar-refractivity contribution >= 4 is 35.0 Å². The standard InChI is InChI=1S/C28H34ClN3O5/c1-3-27-13-7-15-30(2)24(34)21(27)22-25(35)32(16-5-4-6-18-33)23-26(36)31(17-8-14-28(22,23)37-27)20-11-9-19(29)10-12-20/h7-14,21-23,33H,3-6,15-18H2,1-2H3/t21-,22-,23?,27+,28-/m0/s1. The number of carbonyl (C=O) groups is 3. The van der Waals surface area contributed by atoms with Crippen molar-refractivity contribution in [3.63, 3.8) is 0 Å². The molecule has 4 aliphatic heterocycles. The quantitative estimate of drug-likeness (QED) is 0.435. The van der Waals surface area contributed by atoms with Crippen molar-refractivity contribution in [1.82, 2.24) is 9.80 Å². The van der Waals surface area contributed by atoms with E-state index in [1.54, 1.807) is 46.0 Å². The number of halogens is 1. The summed E-state index contributed by atoms with van der Waals surface area (Å²) >= 11 is 6.10. The number of aliphatic hydroxyl groups excluding tert-OH is 1. The van der Waals surface area contributed by atoms with Crippen molar-refractivity contribution < 1.29 is 24.2 Å². The number of fused-ring (bicyclic) bond motifs is 2. The van der Waals surface area contributed by atoms with Crippen LogP contribution in [0.2, 0.25) is 5.02 Å². The maximum atomic E-state index is 14.3. The molecule has 1 aromatic carbocycles. The Labute approximate surface area is 222 Å². The van der Waals surface area contributed by atoms with Crippen LogP contribution in [0, 0.1) is 11.8 Å². The number of benzene rings is 1. The number of ether oxygens (including phenoxy) is 1. The van der Waals surface area contributed by atoms with E-state index in [4.69, 9.17) is 16.3 Å². The average molecular weight is 528 g/mol. The minimum Gasteiger partial charge on any atom is -0.396 e. The second-order valence-electron chi connectivity index (χ2n) is 10.4. The van der Waals surface area contributed by atoms with Gasteiger partial charge in [-0.1, -0.05) is 42.8 Å². The lowest BCUT2D eigenvalue weighted by Gasteiger charge is -2.38. The molecule has 4 heterocycles. The Bertz CT molecular complexity index is 1140. The van der Waals surface area contributed by atoms with Gasteiger partial charge in [-0.15, -0.1) is 0 Å². The molecule has 198 valence electrons. The zero-order chi connectivity index (χ0) is 26.4. The first-order valence-electron chi connectivity index (χ1n) is 13.1. The molecule has 0 aromatic heterocycles. The summed E-state index contributed by atoms with van der Waals surface area (Å²) in [6, 6.07) is 6.15. The number of likely N-dealkylation sites (N-methyl/N-ethyl adjacent to an activating group) is 1. The highest BCUT2D eigenvalue weighted by molar-refractivity contribution is 6.30. The van der Waals surface area contributed by atoms with Gasteiger partial charge < -0.3 is 24.5 Å². The van der Waals surface area contributed by atoms with Crippen LogP contribution < -0.4 is 4.90 Å². The summed E-state index contributed by atoms with van der Waals surface area (Å²) in [5, 5.41) is 9.79. The molecule has 1 N–H and O–H groups in total. The maximum absolute atomic E-state index is 14.3. The first-order chi connectivity index (χ1) is 17.8. The Morgan fingerprint density at radius 1 is 0.973 bits per heavy atom. The number of amides is 3. The predicted molar refractivity (Wildman–Crippen MR) is 140 cm³/mol. The third-order valence-electron chi connectivity index (χ3n) is 8.34. The van der Waals surface area contributed by atoms with Gasteiger partial charge in [-0.2, -0.15) is 0 Å². The monoisotopic (exact) mass is 527 g/mol. The van der Waals surface area contributed by atoms with E-state index in [1.807, 2.05) is 31.2 Å². The lowest BCUT2D eigenvalue weighted by molar-refractivity contribution is -0.149. The molecule has 5 atom stereocenters. The molecule has 2 fully saturated rings. The minimum atomic E-state index is -1.26. The van der Waals surface area contributed by atoms with Gasteiger partial charge in [0.15, 0.2) is 0 Å². The number of aliphatic hydroxyl groups is 1. The van der Waals surface area contributed by atoms with Crippen molar-refractivity contribution in [2.45, 2.75) is 49.9 Å². The molecule has 1 aromatic rings. The third kappa shape index (κ3) is 4.01. The molecule has 9 heteroatoms. The number of rotatable bonds is 7. The fourth-order valence-electron chi connectivity index (χ4n) is 6.55. The van der Waals surface area contributed by atoms with Crippen molar-refractivity contribution in [2.75, 3.05) is 38.2 Å². The van der Waals surface area contributed by atoms with E-state index in [2.05, 4.69) is 0 Å². The summed E-state index contributed by atoms with van der Waals surface area (Å²) in [5.74, 6) is -2.13. The van der Waals surface area contributed by atoms with E-state index in [0.717, 1.165) is 6.42 Å². The van der Waals surface area contributed by atoms with Crippen LogP contribution in [0.4, 0.5) is 5.69 Å². The molecule has 1 spiro atoms. The SMILES string of the molecule is CC[C@@]12C=CCN(C)C(=O)[C@@H]1[C@H]1C(=O)N(CCCCCO)C3C(=O)N(c4ccc(Cl)cc4)CC=C[C@@]31O2. The van der Waals surface area contributed by atoms with Gasteiger partial charge in [-0.25, -0.2) is 0 Å². The molecule has 4 aliphatic rings. The molecule has 37 heavy (non-hydrogen) atoms. The summed E-state index contributed by atoms with van der Waals surface area (Å²) in [5.41, 5.74) is -1.55. The molecule has 1 unspecified atom stereocenters. The largest absolute Gasteiger partial charge is 0.396 e. The highest BCUT2D eigenvalue weighted by Gasteiger charge is 2.75. The van der Waals surface area contributed by atoms with E-state index in [0.29, 0.717) is 49.6 Å². The smallest absolute Gasteiger partial charge is 0.253 e. The molecule has 0 saturated carbocycles. The highest BCUT2D eigenvalue weighted by atomic mass is 35.5. The molecule has 0 radical (unpaired) electrons. The molecule has 8 nitrogen and oxygen atoms in total. The van der Waals surface area contributed by atoms with E-state index >= 15 is 0 Å². The summed E-state index contributed by atoms with van der Waals surface area (Å²) < 4.78 is 6.91. The van der Waals surface area contributed by atoms with Crippen molar-refractivity contribution in [3.8, 4) is 0 Å². The van der Waals surface area contributed by atoms with Gasteiger partial charge >= 0.3 is 0 Å². The normalized spacial score (nSPS) is 32.9. The van der Waals surface area contributed by atoms with Crippen LogP contribution in [0.15, 0.2) is 48.6 Å². The van der Waals surface area contributed by atoms with Gasteiger partial charge in [0, 0.05) is 44.0 Å². The summed E-state index contributed by atoms with van der Waals surface area (Å²) in [6.07, 6.45) is 10.1. The van der Waals surface area contributed by atoms with Crippen LogP contribution in [-0.2, 0) is 19.1 Å². The zero-order valence-corrected chi connectivity index (χ0v) is 22.1. The summed E-state index contributed by atoms with van der Waals surface area (Å²) in [4.78, 5) is 47.2. The number of likely N-dealkylation sites (tertiary alicyclic amines) is 1. The van der Waals surface area contributed by atoms with Gasteiger partial charge in [0.25, 0.3) is 5.91 Å². The molecule has 2 saturated heterocycles. The van der Waals surface area contributed by atoms with Gasteiger partial charge in [0.2, 0.25) is 11.8 Å². The van der Waals surface area contributed by atoms with Gasteiger partial charge in [0.05, 0.1) is 17.4 Å². The topological polar surface area (TPSA) is 90.4 Å². The van der Waals surface area contributed by atoms with E-state index in [1.165, 1.54) is 0 Å². The van der Waals surface area contributed by atoms with E-state index in [-0.39, 0.29) is 24.3 Å². The van der Waals surface area contributed by atoms with Crippen LogP contribution in [0.25, 0.3) is 0 Å². The number of carbonyl (C=O) groups excluding carboxylic acids is 3. The van der Waals surface area contributed by atoms with E-state index in [9.17, 15) is 19.5 Å². The Kier molecular flexibility index (Phi) is 6.94. The van der Waals surface area contributed by atoms with Crippen molar-refractivity contribution in [2.24, 2.45) is 11.8 Å². The molecule has 0 aliphatic carbocycles. The number of nitrogens with zero attached hydrogens (tertiary/aromatic N) is 3. The highest BCUT2D eigenvalue weighted by Crippen LogP contribution is 2.58. The lowest BCUT2D eigenvalue weighted by atomic mass is 9.73.